The molecule has 1 aromatic carbocycles. The summed E-state index contributed by atoms with van der Waals surface area (Å²) in [5.74, 6) is 0.413. The zero-order chi connectivity index (χ0) is 16.6. The van der Waals surface area contributed by atoms with Crippen LogP contribution in [-0.2, 0) is 10.2 Å². The average molecular weight is 326 g/mol. The largest absolute Gasteiger partial charge is 0.341 e. The molecule has 0 radical (unpaired) electrons. The number of aryl methyl sites for hydroxylation is 1. The minimum absolute atomic E-state index is 0.253. The van der Waals surface area contributed by atoms with E-state index >= 15 is 0 Å². The number of nitrogens with zero attached hydrogens (tertiary/aromatic N) is 1. The Hall–Kier alpha value is -1.35. The number of piperidine rings is 1. The molecule has 24 heavy (non-hydrogen) atoms. The molecule has 1 spiro atoms. The van der Waals surface area contributed by atoms with E-state index in [0.717, 1.165) is 45.4 Å². The summed E-state index contributed by atoms with van der Waals surface area (Å²) in [6.07, 6.45) is 8.08. The van der Waals surface area contributed by atoms with Crippen molar-refractivity contribution in [3.05, 3.63) is 35.4 Å². The van der Waals surface area contributed by atoms with Crippen molar-refractivity contribution < 1.29 is 4.79 Å². The highest BCUT2D eigenvalue weighted by Crippen LogP contribution is 2.45. The third-order valence-electron chi connectivity index (χ3n) is 6.72. The van der Waals surface area contributed by atoms with E-state index in [1.807, 2.05) is 0 Å². The van der Waals surface area contributed by atoms with E-state index in [0.29, 0.717) is 11.3 Å². The van der Waals surface area contributed by atoms with Crippen molar-refractivity contribution in [2.24, 2.45) is 5.41 Å². The van der Waals surface area contributed by atoms with Crippen LogP contribution in [0.25, 0.3) is 0 Å². The SMILES string of the molecule is Cc1cccc(C2(C(=O)N3CCCC4(CCNC4)C3)CCCC2)c1. The lowest BCUT2D eigenvalue weighted by Crippen LogP contribution is -2.53. The fraction of sp³-hybridized carbons (Fsp3) is 0.667. The molecule has 1 N–H and O–H groups in total. The first-order valence-electron chi connectivity index (χ1n) is 9.71. The molecule has 3 nitrogen and oxygen atoms in total. The Balaban J connectivity index is 1.62. The Morgan fingerprint density at radius 1 is 1.12 bits per heavy atom. The van der Waals surface area contributed by atoms with Crippen molar-refractivity contribution in [2.75, 3.05) is 26.2 Å². The number of benzene rings is 1. The number of likely N-dealkylation sites (tertiary alicyclic amines) is 1. The van der Waals surface area contributed by atoms with Gasteiger partial charge in [0.1, 0.15) is 0 Å². The van der Waals surface area contributed by atoms with Gasteiger partial charge in [-0.25, -0.2) is 0 Å². The van der Waals surface area contributed by atoms with E-state index in [1.165, 1.54) is 36.8 Å². The molecule has 1 atom stereocenters. The molecule has 130 valence electrons. The van der Waals surface area contributed by atoms with E-state index in [2.05, 4.69) is 41.4 Å². The second-order valence-corrected chi connectivity index (χ2v) is 8.42. The maximum Gasteiger partial charge on any atom is 0.233 e. The van der Waals surface area contributed by atoms with E-state index in [-0.39, 0.29) is 5.41 Å². The van der Waals surface area contributed by atoms with Crippen LogP contribution in [0.4, 0.5) is 0 Å². The minimum atomic E-state index is -0.253. The summed E-state index contributed by atoms with van der Waals surface area (Å²) < 4.78 is 0. The lowest BCUT2D eigenvalue weighted by molar-refractivity contribution is -0.140. The van der Waals surface area contributed by atoms with Gasteiger partial charge in [-0.3, -0.25) is 4.79 Å². The van der Waals surface area contributed by atoms with Gasteiger partial charge in [-0.05, 0) is 51.1 Å². The topological polar surface area (TPSA) is 32.3 Å². The zero-order valence-corrected chi connectivity index (χ0v) is 14.9. The summed E-state index contributed by atoms with van der Waals surface area (Å²) in [5, 5.41) is 3.52. The highest BCUT2D eigenvalue weighted by atomic mass is 16.2. The van der Waals surface area contributed by atoms with Crippen LogP contribution in [0, 0.1) is 12.3 Å². The number of amides is 1. The fourth-order valence-corrected chi connectivity index (χ4v) is 5.38. The Morgan fingerprint density at radius 2 is 1.96 bits per heavy atom. The van der Waals surface area contributed by atoms with Crippen molar-refractivity contribution in [3.8, 4) is 0 Å². The molecule has 1 aliphatic carbocycles. The van der Waals surface area contributed by atoms with Gasteiger partial charge in [0, 0.05) is 25.0 Å². The molecule has 1 unspecified atom stereocenters. The van der Waals surface area contributed by atoms with Gasteiger partial charge in [-0.2, -0.15) is 0 Å². The third-order valence-corrected chi connectivity index (χ3v) is 6.72. The molecule has 3 heteroatoms. The van der Waals surface area contributed by atoms with Crippen LogP contribution < -0.4 is 5.32 Å². The number of hydrogen-bond donors (Lipinski definition) is 1. The smallest absolute Gasteiger partial charge is 0.233 e. The summed E-state index contributed by atoms with van der Waals surface area (Å²) in [6.45, 7) is 6.26. The van der Waals surface area contributed by atoms with E-state index in [9.17, 15) is 4.79 Å². The van der Waals surface area contributed by atoms with Crippen molar-refractivity contribution >= 4 is 5.91 Å². The number of hydrogen-bond acceptors (Lipinski definition) is 2. The first-order valence-corrected chi connectivity index (χ1v) is 9.71. The van der Waals surface area contributed by atoms with E-state index in [1.54, 1.807) is 0 Å². The first kappa shape index (κ1) is 16.1. The minimum Gasteiger partial charge on any atom is -0.341 e. The highest BCUT2D eigenvalue weighted by Gasteiger charge is 2.48. The number of rotatable bonds is 2. The molecule has 1 aromatic rings. The van der Waals surface area contributed by atoms with Gasteiger partial charge in [0.2, 0.25) is 5.91 Å². The molecule has 1 amide bonds. The predicted octanol–water partition coefficient (Wildman–Crippen LogP) is 3.41. The summed E-state index contributed by atoms with van der Waals surface area (Å²) >= 11 is 0. The monoisotopic (exact) mass is 326 g/mol. The molecule has 2 aliphatic heterocycles. The van der Waals surface area contributed by atoms with Crippen LogP contribution in [0.2, 0.25) is 0 Å². The molecular weight excluding hydrogens is 296 g/mol. The molecule has 4 rings (SSSR count). The molecule has 1 saturated carbocycles. The number of carbonyl (C=O) groups is 1. The van der Waals surface area contributed by atoms with E-state index < -0.39 is 0 Å². The molecule has 3 fully saturated rings. The predicted molar refractivity (Wildman–Crippen MR) is 97.1 cm³/mol. The van der Waals surface area contributed by atoms with Crippen molar-refractivity contribution in [1.82, 2.24) is 10.2 Å². The van der Waals surface area contributed by atoms with Crippen LogP contribution in [0.1, 0.15) is 56.1 Å². The fourth-order valence-electron chi connectivity index (χ4n) is 5.38. The molecule has 2 saturated heterocycles. The van der Waals surface area contributed by atoms with E-state index in [4.69, 9.17) is 0 Å². The van der Waals surface area contributed by atoms with Gasteiger partial charge in [0.15, 0.2) is 0 Å². The Morgan fingerprint density at radius 3 is 2.67 bits per heavy atom. The lowest BCUT2D eigenvalue weighted by atomic mass is 9.74. The van der Waals surface area contributed by atoms with Crippen molar-refractivity contribution in [1.29, 1.82) is 0 Å². The van der Waals surface area contributed by atoms with Crippen LogP contribution >= 0.6 is 0 Å². The quantitative estimate of drug-likeness (QED) is 0.903. The normalized spacial score (nSPS) is 29.3. The van der Waals surface area contributed by atoms with Crippen LogP contribution in [0.3, 0.4) is 0 Å². The molecular formula is C21H30N2O. The Kier molecular flexibility index (Phi) is 4.16. The van der Waals surface area contributed by atoms with Gasteiger partial charge in [0.25, 0.3) is 0 Å². The summed E-state index contributed by atoms with van der Waals surface area (Å²) in [4.78, 5) is 15.9. The maximum atomic E-state index is 13.7. The van der Waals surface area contributed by atoms with Crippen LogP contribution in [-0.4, -0.2) is 37.0 Å². The average Bonchev–Trinajstić information content (AvgIpc) is 3.25. The van der Waals surface area contributed by atoms with Gasteiger partial charge in [-0.1, -0.05) is 42.7 Å². The van der Waals surface area contributed by atoms with Gasteiger partial charge in [0.05, 0.1) is 5.41 Å². The van der Waals surface area contributed by atoms with Gasteiger partial charge in [-0.15, -0.1) is 0 Å². The lowest BCUT2D eigenvalue weighted by Gasteiger charge is -2.44. The maximum absolute atomic E-state index is 13.7. The van der Waals surface area contributed by atoms with Crippen molar-refractivity contribution in [2.45, 2.75) is 57.3 Å². The van der Waals surface area contributed by atoms with Gasteiger partial charge < -0.3 is 10.2 Å². The molecule has 0 aromatic heterocycles. The van der Waals surface area contributed by atoms with Gasteiger partial charge >= 0.3 is 0 Å². The highest BCUT2D eigenvalue weighted by molar-refractivity contribution is 5.89. The standard InChI is InChI=1S/C21H30N2O/c1-17-6-4-7-18(14-17)21(9-2-3-10-21)19(24)23-13-5-8-20(16-23)11-12-22-15-20/h4,6-7,14,22H,2-3,5,8-13,15-16H2,1H3. The molecule has 2 heterocycles. The van der Waals surface area contributed by atoms with Crippen molar-refractivity contribution in [3.63, 3.8) is 0 Å². The second kappa shape index (κ2) is 6.18. The van der Waals surface area contributed by atoms with Crippen LogP contribution in [0.5, 0.6) is 0 Å². The summed E-state index contributed by atoms with van der Waals surface area (Å²) in [5.41, 5.74) is 2.62. The van der Waals surface area contributed by atoms with Crippen LogP contribution in [0.15, 0.2) is 24.3 Å². The molecule has 0 bridgehead atoms. The Bertz CT molecular complexity index is 612. The zero-order valence-electron chi connectivity index (χ0n) is 14.9. The first-order chi connectivity index (χ1) is 11.6. The third kappa shape index (κ3) is 2.67. The Labute approximate surface area is 145 Å². The summed E-state index contributed by atoms with van der Waals surface area (Å²) in [7, 11) is 0. The number of nitrogens with one attached hydrogen (secondary N) is 1. The second-order valence-electron chi connectivity index (χ2n) is 8.42. The summed E-state index contributed by atoms with van der Waals surface area (Å²) in [6, 6.07) is 8.69. The number of carbonyl (C=O) groups excluding carboxylic acids is 1. The molecule has 3 aliphatic rings.